The van der Waals surface area contributed by atoms with Crippen molar-refractivity contribution in [2.75, 3.05) is 19.8 Å². The fraction of sp³-hybridized carbons (Fsp3) is 0.350. The first-order chi connectivity index (χ1) is 14.1. The number of carbonyl (C=O) groups excluding carboxylic acids is 1. The smallest absolute Gasteiger partial charge is 0.375 e. The molecule has 1 atom stereocenters. The second kappa shape index (κ2) is 9.47. The largest absolute Gasteiger partial charge is 0.480 e. The predicted octanol–water partition coefficient (Wildman–Crippen LogP) is 6.53. The Hall–Kier alpha value is -1.27. The minimum absolute atomic E-state index is 0.180. The quantitative estimate of drug-likeness (QED) is 0.336. The average Bonchev–Trinajstić information content (AvgIpc) is 2.69. The van der Waals surface area contributed by atoms with Crippen LogP contribution in [0, 0.1) is 5.41 Å². The van der Waals surface area contributed by atoms with Gasteiger partial charge in [-0.05, 0) is 24.3 Å². The van der Waals surface area contributed by atoms with Crippen LogP contribution >= 0.6 is 42.4 Å². The molecule has 0 amide bonds. The zero-order valence-electron chi connectivity index (χ0n) is 16.3. The van der Waals surface area contributed by atoms with E-state index in [9.17, 15) is 9.36 Å². The third-order valence-electron chi connectivity index (χ3n) is 4.21. The summed E-state index contributed by atoms with van der Waals surface area (Å²) < 4.78 is 35.4. The lowest BCUT2D eigenvalue weighted by Gasteiger charge is -2.37. The molecular formula is C20H20Cl3O6P. The highest BCUT2D eigenvalue weighted by Crippen LogP contribution is 2.65. The Kier molecular flexibility index (Phi) is 7.39. The van der Waals surface area contributed by atoms with E-state index in [1.807, 2.05) is 13.8 Å². The number of carbonyl (C=O) groups is 1. The SMILES string of the molecule is CC1(C)COP(=O)([C@H](OC(=O)COc2ccc(Cl)cc2Cl)c2ccccc2Cl)OC1. The normalized spacial score (nSPS) is 18.4. The number of ether oxygens (including phenoxy) is 2. The van der Waals surface area contributed by atoms with Crippen molar-refractivity contribution in [2.45, 2.75) is 19.7 Å². The molecule has 1 saturated heterocycles. The van der Waals surface area contributed by atoms with E-state index >= 15 is 0 Å². The Bertz CT molecular complexity index is 967. The Labute approximate surface area is 189 Å². The van der Waals surface area contributed by atoms with Crippen molar-refractivity contribution >= 4 is 48.4 Å². The summed E-state index contributed by atoms with van der Waals surface area (Å²) in [7, 11) is -3.84. The molecule has 1 fully saturated rings. The van der Waals surface area contributed by atoms with E-state index in [-0.39, 0.29) is 34.4 Å². The maximum Gasteiger partial charge on any atom is 0.375 e. The van der Waals surface area contributed by atoms with Crippen molar-refractivity contribution in [1.29, 1.82) is 0 Å². The Balaban J connectivity index is 1.78. The summed E-state index contributed by atoms with van der Waals surface area (Å²) in [6, 6.07) is 11.2. The summed E-state index contributed by atoms with van der Waals surface area (Å²) in [5.74, 6) is -1.87. The van der Waals surface area contributed by atoms with E-state index in [0.717, 1.165) is 0 Å². The molecule has 1 aliphatic heterocycles. The van der Waals surface area contributed by atoms with Crippen molar-refractivity contribution in [3.63, 3.8) is 0 Å². The first-order valence-electron chi connectivity index (χ1n) is 9.00. The highest BCUT2D eigenvalue weighted by molar-refractivity contribution is 7.54. The van der Waals surface area contributed by atoms with Gasteiger partial charge in [0.25, 0.3) is 0 Å². The molecule has 3 rings (SSSR count). The van der Waals surface area contributed by atoms with Crippen LogP contribution in [0.2, 0.25) is 15.1 Å². The molecule has 0 spiro atoms. The fourth-order valence-electron chi connectivity index (χ4n) is 2.60. The molecule has 2 aromatic rings. The molecule has 10 heteroatoms. The molecule has 2 aromatic carbocycles. The monoisotopic (exact) mass is 492 g/mol. The van der Waals surface area contributed by atoms with Gasteiger partial charge in [0.2, 0.25) is 5.85 Å². The first-order valence-corrected chi connectivity index (χ1v) is 11.7. The van der Waals surface area contributed by atoms with E-state index < -0.39 is 26.0 Å². The van der Waals surface area contributed by atoms with Crippen LogP contribution in [-0.4, -0.2) is 25.8 Å². The van der Waals surface area contributed by atoms with E-state index in [1.165, 1.54) is 12.1 Å². The van der Waals surface area contributed by atoms with Crippen molar-refractivity contribution in [3.05, 3.63) is 63.1 Å². The zero-order chi connectivity index (χ0) is 21.9. The molecule has 0 unspecified atom stereocenters. The van der Waals surface area contributed by atoms with E-state index in [4.69, 9.17) is 53.3 Å². The second-order valence-corrected chi connectivity index (χ2v) is 10.8. The van der Waals surface area contributed by atoms with Crippen LogP contribution in [0.25, 0.3) is 0 Å². The molecule has 1 heterocycles. The van der Waals surface area contributed by atoms with Gasteiger partial charge >= 0.3 is 13.6 Å². The molecule has 0 N–H and O–H groups in total. The minimum Gasteiger partial charge on any atom is -0.480 e. The lowest BCUT2D eigenvalue weighted by molar-refractivity contribution is -0.149. The van der Waals surface area contributed by atoms with Crippen molar-refractivity contribution in [3.8, 4) is 5.75 Å². The summed E-state index contributed by atoms with van der Waals surface area (Å²) in [5.41, 5.74) is -0.00251. The summed E-state index contributed by atoms with van der Waals surface area (Å²) in [4.78, 5) is 12.5. The summed E-state index contributed by atoms with van der Waals surface area (Å²) in [6.07, 6.45) is 0. The van der Waals surface area contributed by atoms with Crippen LogP contribution < -0.4 is 4.74 Å². The van der Waals surface area contributed by atoms with Crippen molar-refractivity contribution in [1.82, 2.24) is 0 Å². The summed E-state index contributed by atoms with van der Waals surface area (Å²) in [5, 5.41) is 0.942. The number of benzene rings is 2. The number of esters is 1. The standard InChI is InChI=1S/C20H20Cl3O6P/c1-20(2)11-27-30(25,28-12-20)19(14-5-3-4-6-15(14)22)29-18(24)10-26-17-8-7-13(21)9-16(17)23/h3-9,19H,10-12H2,1-2H3/t19-/m0/s1. The Morgan fingerprint density at radius 1 is 1.10 bits per heavy atom. The van der Waals surface area contributed by atoms with Crippen molar-refractivity contribution < 1.29 is 27.9 Å². The first kappa shape index (κ1) is 23.4. The van der Waals surface area contributed by atoms with E-state index in [1.54, 1.807) is 30.3 Å². The van der Waals surface area contributed by atoms with Gasteiger partial charge in [-0.3, -0.25) is 4.57 Å². The van der Waals surface area contributed by atoms with Gasteiger partial charge in [-0.25, -0.2) is 4.79 Å². The summed E-state index contributed by atoms with van der Waals surface area (Å²) >= 11 is 18.2. The fourth-order valence-corrected chi connectivity index (χ4v) is 5.60. The number of rotatable bonds is 6. The van der Waals surface area contributed by atoms with Crippen LogP contribution in [0.4, 0.5) is 0 Å². The van der Waals surface area contributed by atoms with Crippen LogP contribution in [0.1, 0.15) is 25.3 Å². The average molecular weight is 494 g/mol. The molecule has 0 aliphatic carbocycles. The van der Waals surface area contributed by atoms with Gasteiger partial charge < -0.3 is 18.5 Å². The van der Waals surface area contributed by atoms with Crippen LogP contribution in [-0.2, 0) is 23.1 Å². The second-order valence-electron chi connectivity index (χ2n) is 7.48. The maximum atomic E-state index is 13.4. The highest BCUT2D eigenvalue weighted by atomic mass is 35.5. The number of hydrogen-bond donors (Lipinski definition) is 0. The molecule has 0 radical (unpaired) electrons. The van der Waals surface area contributed by atoms with Crippen LogP contribution in [0.5, 0.6) is 5.75 Å². The van der Waals surface area contributed by atoms with Gasteiger partial charge in [0.15, 0.2) is 6.61 Å². The molecule has 0 bridgehead atoms. The Morgan fingerprint density at radius 2 is 1.77 bits per heavy atom. The van der Waals surface area contributed by atoms with Crippen LogP contribution in [0.3, 0.4) is 0 Å². The van der Waals surface area contributed by atoms with Crippen molar-refractivity contribution in [2.24, 2.45) is 5.41 Å². The topological polar surface area (TPSA) is 71.1 Å². The van der Waals surface area contributed by atoms with E-state index in [0.29, 0.717) is 10.6 Å². The highest BCUT2D eigenvalue weighted by Gasteiger charge is 2.46. The molecule has 0 saturated carbocycles. The van der Waals surface area contributed by atoms with Gasteiger partial charge in [0, 0.05) is 21.0 Å². The van der Waals surface area contributed by atoms with Gasteiger partial charge in [0.1, 0.15) is 5.75 Å². The molecule has 0 aromatic heterocycles. The Morgan fingerprint density at radius 3 is 2.40 bits per heavy atom. The lowest BCUT2D eigenvalue weighted by atomic mass is 9.97. The predicted molar refractivity (Wildman–Crippen MR) is 116 cm³/mol. The minimum atomic E-state index is -3.84. The molecule has 6 nitrogen and oxygen atoms in total. The molecular weight excluding hydrogens is 474 g/mol. The van der Waals surface area contributed by atoms with Gasteiger partial charge in [0.05, 0.1) is 18.2 Å². The molecule has 1 aliphatic rings. The third kappa shape index (κ3) is 5.70. The number of halogens is 3. The zero-order valence-corrected chi connectivity index (χ0v) is 19.4. The van der Waals surface area contributed by atoms with Gasteiger partial charge in [-0.15, -0.1) is 0 Å². The van der Waals surface area contributed by atoms with Gasteiger partial charge in [-0.1, -0.05) is 66.8 Å². The lowest BCUT2D eigenvalue weighted by Crippen LogP contribution is -2.31. The maximum absolute atomic E-state index is 13.4. The summed E-state index contributed by atoms with van der Waals surface area (Å²) in [6.45, 7) is 3.71. The third-order valence-corrected chi connectivity index (χ3v) is 7.02. The van der Waals surface area contributed by atoms with E-state index in [2.05, 4.69) is 0 Å². The molecule has 162 valence electrons. The number of hydrogen-bond acceptors (Lipinski definition) is 6. The van der Waals surface area contributed by atoms with Gasteiger partial charge in [-0.2, -0.15) is 0 Å². The molecule has 30 heavy (non-hydrogen) atoms. The van der Waals surface area contributed by atoms with Crippen LogP contribution in [0.15, 0.2) is 42.5 Å².